The molecule has 0 heterocycles. The van der Waals surface area contributed by atoms with Crippen molar-refractivity contribution in [3.8, 4) is 0 Å². The van der Waals surface area contributed by atoms with Crippen molar-refractivity contribution in [1.82, 2.24) is 0 Å². The summed E-state index contributed by atoms with van der Waals surface area (Å²) in [6.07, 6.45) is 4.28. The maximum Gasteiger partial charge on any atom is 0.134 e. The maximum absolute atomic E-state index is 4.69. The predicted octanol–water partition coefficient (Wildman–Crippen LogP) is 0.145. The fourth-order valence-electron chi connectivity index (χ4n) is 0.138. The van der Waals surface area contributed by atoms with Crippen molar-refractivity contribution < 1.29 is 0 Å². The van der Waals surface area contributed by atoms with Gasteiger partial charge in [-0.2, -0.15) is 5.10 Å². The number of hydrogen-bond donors (Lipinski definition) is 1. The molecule has 0 unspecified atom stereocenters. The zero-order valence-electron chi connectivity index (χ0n) is 3.91. The Morgan fingerprint density at radius 3 is 2.71 bits per heavy atom. The van der Waals surface area contributed by atoms with E-state index in [0.29, 0.717) is 0 Å². The van der Waals surface area contributed by atoms with Crippen LogP contribution in [0.25, 0.3) is 0 Å². The number of allylic oxidation sites excluding steroid dienone is 1. The average Bonchev–Trinajstić information content (AvgIpc) is 1.69. The summed E-state index contributed by atoms with van der Waals surface area (Å²) in [5.41, 5.74) is 0. The van der Waals surface area contributed by atoms with E-state index in [1.807, 2.05) is 0 Å². The highest BCUT2D eigenvalue weighted by Crippen LogP contribution is 1.55. The van der Waals surface area contributed by atoms with Gasteiger partial charge < -0.3 is 5.84 Å². The molecule has 0 aromatic carbocycles. The van der Waals surface area contributed by atoms with Gasteiger partial charge in [0.05, 0.1) is 0 Å². The molecule has 0 rings (SSSR count). The molecular formula is C4H7N3. The standard InChI is InChI=1S/C4H7N3/c1-2-3-6-4-7-5/h2-4H,1,5H2/b6-3-,7-4-. The van der Waals surface area contributed by atoms with Gasteiger partial charge in [-0.15, -0.1) is 0 Å². The lowest BCUT2D eigenvalue weighted by Crippen LogP contribution is -1.77. The molecule has 7 heavy (non-hydrogen) atoms. The van der Waals surface area contributed by atoms with Crippen LogP contribution in [0, 0.1) is 0 Å². The van der Waals surface area contributed by atoms with E-state index in [2.05, 4.69) is 16.7 Å². The number of hydrogen-bond acceptors (Lipinski definition) is 2. The Kier molecular flexibility index (Phi) is 4.10. The molecule has 0 radical (unpaired) electrons. The van der Waals surface area contributed by atoms with Crippen molar-refractivity contribution in [1.29, 1.82) is 0 Å². The third-order valence-electron chi connectivity index (χ3n) is 0.325. The summed E-state index contributed by atoms with van der Waals surface area (Å²) < 4.78 is 0. The van der Waals surface area contributed by atoms with Crippen LogP contribution < -0.4 is 5.84 Å². The topological polar surface area (TPSA) is 50.7 Å². The zero-order valence-corrected chi connectivity index (χ0v) is 3.91. The third-order valence-corrected chi connectivity index (χ3v) is 0.325. The van der Waals surface area contributed by atoms with E-state index < -0.39 is 0 Å². The van der Waals surface area contributed by atoms with E-state index >= 15 is 0 Å². The Morgan fingerprint density at radius 2 is 2.29 bits per heavy atom. The zero-order chi connectivity index (χ0) is 5.54. The molecule has 0 fully saturated rings. The van der Waals surface area contributed by atoms with E-state index in [-0.39, 0.29) is 0 Å². The minimum Gasteiger partial charge on any atom is -0.322 e. The molecule has 2 N–H and O–H groups in total. The average molecular weight is 97.1 g/mol. The Labute approximate surface area is 42.2 Å². The van der Waals surface area contributed by atoms with Crippen molar-refractivity contribution in [2.24, 2.45) is 15.9 Å². The summed E-state index contributed by atoms with van der Waals surface area (Å²) in [7, 11) is 0. The van der Waals surface area contributed by atoms with E-state index in [1.54, 1.807) is 6.08 Å². The van der Waals surface area contributed by atoms with Gasteiger partial charge in [0.15, 0.2) is 0 Å². The molecule has 38 valence electrons. The van der Waals surface area contributed by atoms with Crippen LogP contribution in [0.1, 0.15) is 0 Å². The highest BCUT2D eigenvalue weighted by molar-refractivity contribution is 5.79. The van der Waals surface area contributed by atoms with E-state index in [4.69, 9.17) is 5.84 Å². The first-order chi connectivity index (χ1) is 3.41. The Hall–Kier alpha value is -1.12. The minimum atomic E-state index is 1.24. The first-order valence-corrected chi connectivity index (χ1v) is 1.77. The molecule has 0 aromatic heterocycles. The van der Waals surface area contributed by atoms with E-state index in [1.165, 1.54) is 12.6 Å². The molecule has 0 bridgehead atoms. The van der Waals surface area contributed by atoms with Gasteiger partial charge in [0.2, 0.25) is 0 Å². The van der Waals surface area contributed by atoms with Gasteiger partial charge in [0, 0.05) is 6.21 Å². The van der Waals surface area contributed by atoms with Gasteiger partial charge in [0.25, 0.3) is 0 Å². The quantitative estimate of drug-likeness (QED) is 0.227. The van der Waals surface area contributed by atoms with Crippen LogP contribution in [0.15, 0.2) is 22.7 Å². The van der Waals surface area contributed by atoms with Crippen molar-refractivity contribution in [2.75, 3.05) is 0 Å². The molecule has 0 saturated heterocycles. The van der Waals surface area contributed by atoms with Crippen LogP contribution in [0.2, 0.25) is 0 Å². The summed E-state index contributed by atoms with van der Waals surface area (Å²) in [6.45, 7) is 3.38. The maximum atomic E-state index is 4.69. The first kappa shape index (κ1) is 5.88. The largest absolute Gasteiger partial charge is 0.322 e. The molecule has 0 aromatic rings. The second-order valence-electron chi connectivity index (χ2n) is 0.798. The van der Waals surface area contributed by atoms with Gasteiger partial charge in [-0.3, -0.25) is 0 Å². The first-order valence-electron chi connectivity index (χ1n) is 1.77. The SMILES string of the molecule is C=C/C=N\C=N/N. The number of nitrogens with zero attached hydrogens (tertiary/aromatic N) is 2. The molecule has 3 nitrogen and oxygen atoms in total. The van der Waals surface area contributed by atoms with Crippen molar-refractivity contribution in [2.45, 2.75) is 0 Å². The van der Waals surface area contributed by atoms with Gasteiger partial charge in [-0.1, -0.05) is 12.7 Å². The van der Waals surface area contributed by atoms with Crippen LogP contribution in [-0.4, -0.2) is 12.6 Å². The van der Waals surface area contributed by atoms with E-state index in [0.717, 1.165) is 0 Å². The molecule has 0 aliphatic heterocycles. The summed E-state index contributed by atoms with van der Waals surface area (Å²) in [6, 6.07) is 0. The third kappa shape index (κ3) is 4.88. The van der Waals surface area contributed by atoms with Gasteiger partial charge in [-0.05, 0) is 0 Å². The van der Waals surface area contributed by atoms with Crippen molar-refractivity contribution in [3.05, 3.63) is 12.7 Å². The Morgan fingerprint density at radius 1 is 1.57 bits per heavy atom. The lowest BCUT2D eigenvalue weighted by molar-refractivity contribution is 1.26. The van der Waals surface area contributed by atoms with Crippen molar-refractivity contribution in [3.63, 3.8) is 0 Å². The second kappa shape index (κ2) is 4.88. The fourth-order valence-corrected chi connectivity index (χ4v) is 0.138. The normalized spacial score (nSPS) is 10.9. The minimum absolute atomic E-state index is 1.24. The monoisotopic (exact) mass is 97.1 g/mol. The second-order valence-corrected chi connectivity index (χ2v) is 0.798. The van der Waals surface area contributed by atoms with Crippen LogP contribution in [0.5, 0.6) is 0 Å². The number of aliphatic imine (C=N–C) groups is 1. The van der Waals surface area contributed by atoms with Crippen LogP contribution in [-0.2, 0) is 0 Å². The molecule has 3 heteroatoms. The van der Waals surface area contributed by atoms with Crippen LogP contribution in [0.4, 0.5) is 0 Å². The molecule has 0 saturated carbocycles. The molecule has 0 atom stereocenters. The predicted molar refractivity (Wildman–Crippen MR) is 31.4 cm³/mol. The smallest absolute Gasteiger partial charge is 0.134 e. The van der Waals surface area contributed by atoms with Gasteiger partial charge >= 0.3 is 0 Å². The summed E-state index contributed by atoms with van der Waals surface area (Å²) in [4.78, 5) is 3.55. The van der Waals surface area contributed by atoms with Crippen LogP contribution in [0.3, 0.4) is 0 Å². The fraction of sp³-hybridized carbons (Fsp3) is 0. The molecule has 0 aliphatic carbocycles. The lowest BCUT2D eigenvalue weighted by atomic mass is 10.7. The molecule has 0 amide bonds. The number of nitrogens with two attached hydrogens (primary N) is 1. The summed E-state index contributed by atoms with van der Waals surface area (Å²) in [5.74, 6) is 4.69. The highest BCUT2D eigenvalue weighted by Gasteiger charge is 1.52. The van der Waals surface area contributed by atoms with Gasteiger partial charge in [-0.25, -0.2) is 4.99 Å². The van der Waals surface area contributed by atoms with Crippen molar-refractivity contribution >= 4 is 12.6 Å². The number of hydrazone groups is 1. The molecular weight excluding hydrogens is 90.1 g/mol. The number of rotatable bonds is 2. The highest BCUT2D eigenvalue weighted by atomic mass is 15.1. The molecule has 0 spiro atoms. The molecule has 0 aliphatic rings. The lowest BCUT2D eigenvalue weighted by Gasteiger charge is -1.67. The summed E-state index contributed by atoms with van der Waals surface area (Å²) in [5, 5.41) is 3.10. The van der Waals surface area contributed by atoms with Crippen LogP contribution >= 0.6 is 0 Å². The van der Waals surface area contributed by atoms with Gasteiger partial charge in [0.1, 0.15) is 6.34 Å². The Bertz CT molecular complexity index is 93.1. The summed E-state index contributed by atoms with van der Waals surface area (Å²) >= 11 is 0. The van der Waals surface area contributed by atoms with E-state index in [9.17, 15) is 0 Å². The Balaban J connectivity index is 3.27.